The number of imide groups is 1. The van der Waals surface area contributed by atoms with Gasteiger partial charge in [0.25, 0.3) is 5.54 Å². The molecular formula is C26H23ClF6N4O4. The molecule has 0 aliphatic carbocycles. The number of nitrogens with zero attached hydrogens (tertiary/aromatic N) is 3. The van der Waals surface area contributed by atoms with E-state index in [-0.39, 0.29) is 17.0 Å². The van der Waals surface area contributed by atoms with Gasteiger partial charge < -0.3 is 9.47 Å². The first-order valence-electron chi connectivity index (χ1n) is 12.3. The molecule has 41 heavy (non-hydrogen) atoms. The molecule has 220 valence electrons. The number of carbonyl (C=O) groups excluding carboxylic acids is 2. The first kappa shape index (κ1) is 30.2. The third-order valence-corrected chi connectivity index (χ3v) is 6.64. The number of ether oxygens (including phenoxy) is 2. The highest BCUT2D eigenvalue weighted by atomic mass is 35.5. The topological polar surface area (TPSA) is 92.6 Å². The number of hydrogen-bond acceptors (Lipinski definition) is 6. The van der Waals surface area contributed by atoms with Crippen molar-refractivity contribution in [1.82, 2.24) is 10.2 Å². The molecule has 2 aromatic rings. The summed E-state index contributed by atoms with van der Waals surface area (Å²) in [7, 11) is 0. The van der Waals surface area contributed by atoms with E-state index in [0.717, 1.165) is 12.1 Å². The fourth-order valence-electron chi connectivity index (χ4n) is 4.54. The van der Waals surface area contributed by atoms with E-state index in [2.05, 4.69) is 9.98 Å². The summed E-state index contributed by atoms with van der Waals surface area (Å²) in [6, 6.07) is 8.28. The maximum atomic E-state index is 14.5. The molecule has 0 bridgehead atoms. The third kappa shape index (κ3) is 5.56. The molecular weight excluding hydrogens is 582 g/mol. The molecule has 2 aliphatic rings. The van der Waals surface area contributed by atoms with E-state index in [9.17, 15) is 35.9 Å². The molecule has 2 aliphatic heterocycles. The van der Waals surface area contributed by atoms with Gasteiger partial charge in [-0.2, -0.15) is 26.3 Å². The third-order valence-electron chi connectivity index (χ3n) is 6.39. The molecule has 0 aromatic heterocycles. The Morgan fingerprint density at radius 1 is 0.951 bits per heavy atom. The van der Waals surface area contributed by atoms with Crippen molar-refractivity contribution >= 4 is 35.2 Å². The highest BCUT2D eigenvalue weighted by Gasteiger charge is 2.79. The van der Waals surface area contributed by atoms with Gasteiger partial charge in [-0.15, -0.1) is 0 Å². The Kier molecular flexibility index (Phi) is 8.25. The van der Waals surface area contributed by atoms with E-state index < -0.39 is 54.0 Å². The molecule has 2 aromatic carbocycles. The van der Waals surface area contributed by atoms with E-state index in [4.69, 9.17) is 21.1 Å². The maximum Gasteiger partial charge on any atom is 0.423 e. The fraction of sp³-hybridized carbons (Fsp3) is 0.385. The lowest BCUT2D eigenvalue weighted by molar-refractivity contribution is -0.302. The van der Waals surface area contributed by atoms with Crippen molar-refractivity contribution in [3.05, 3.63) is 58.6 Å². The lowest BCUT2D eigenvalue weighted by Crippen LogP contribution is -2.73. The molecule has 0 radical (unpaired) electrons. The number of alkyl halides is 6. The summed E-state index contributed by atoms with van der Waals surface area (Å²) >= 11 is 5.82. The lowest BCUT2D eigenvalue weighted by atomic mass is 9.78. The summed E-state index contributed by atoms with van der Waals surface area (Å²) in [6.45, 7) is 3.73. The Labute approximate surface area is 235 Å². The number of fused-ring (bicyclic) bond motifs is 1. The zero-order valence-electron chi connectivity index (χ0n) is 21.6. The van der Waals surface area contributed by atoms with Crippen LogP contribution in [0.5, 0.6) is 11.5 Å². The van der Waals surface area contributed by atoms with Crippen molar-refractivity contribution in [2.45, 2.75) is 38.2 Å². The number of amides is 3. The second-order valence-electron chi connectivity index (χ2n) is 8.95. The second-order valence-corrected chi connectivity index (χ2v) is 9.39. The number of urea groups is 1. The van der Waals surface area contributed by atoms with E-state index in [1.807, 2.05) is 0 Å². The smallest absolute Gasteiger partial charge is 0.423 e. The minimum Gasteiger partial charge on any atom is -0.490 e. The lowest BCUT2D eigenvalue weighted by Gasteiger charge is -2.45. The highest BCUT2D eigenvalue weighted by molar-refractivity contribution is 6.30. The van der Waals surface area contributed by atoms with Crippen molar-refractivity contribution in [2.24, 2.45) is 15.9 Å². The molecule has 1 atom stereocenters. The summed E-state index contributed by atoms with van der Waals surface area (Å²) in [6.07, 6.45) is -12.2. The van der Waals surface area contributed by atoms with Gasteiger partial charge in [0.2, 0.25) is 5.91 Å². The van der Waals surface area contributed by atoms with Crippen LogP contribution >= 0.6 is 11.6 Å². The van der Waals surface area contributed by atoms with E-state index in [0.29, 0.717) is 35.2 Å². The summed E-state index contributed by atoms with van der Waals surface area (Å²) < 4.78 is 97.9. The monoisotopic (exact) mass is 604 g/mol. The van der Waals surface area contributed by atoms with Crippen molar-refractivity contribution in [2.75, 3.05) is 19.8 Å². The molecule has 8 nitrogen and oxygen atoms in total. The minimum absolute atomic E-state index is 0.0434. The van der Waals surface area contributed by atoms with Crippen LogP contribution in [0.4, 0.5) is 31.1 Å². The van der Waals surface area contributed by atoms with Gasteiger partial charge in [0, 0.05) is 17.1 Å². The molecule has 1 unspecified atom stereocenters. The van der Waals surface area contributed by atoms with Gasteiger partial charge in [0.1, 0.15) is 11.8 Å². The molecule has 1 saturated heterocycles. The number of nitrogens with one attached hydrogen (secondary N) is 1. The summed E-state index contributed by atoms with van der Waals surface area (Å²) in [5, 5.41) is 1.78. The Morgan fingerprint density at radius 2 is 1.56 bits per heavy atom. The molecule has 3 amide bonds. The van der Waals surface area contributed by atoms with Gasteiger partial charge >= 0.3 is 18.4 Å². The number of benzene rings is 2. The van der Waals surface area contributed by atoms with Crippen LogP contribution in [-0.4, -0.2) is 66.2 Å². The molecule has 0 saturated carbocycles. The highest BCUT2D eigenvalue weighted by Crippen LogP contribution is 2.53. The van der Waals surface area contributed by atoms with Crippen LogP contribution in [0.15, 0.2) is 52.4 Å². The number of amidine groups is 2. The summed E-state index contributed by atoms with van der Waals surface area (Å²) in [5.41, 5.74) is -4.63. The predicted molar refractivity (Wildman–Crippen MR) is 136 cm³/mol. The van der Waals surface area contributed by atoms with Crippen LogP contribution in [0.2, 0.25) is 5.02 Å². The quantitative estimate of drug-likeness (QED) is 0.399. The van der Waals surface area contributed by atoms with Crippen LogP contribution in [0.25, 0.3) is 0 Å². The zero-order chi connectivity index (χ0) is 30.2. The molecule has 1 N–H and O–H groups in total. The van der Waals surface area contributed by atoms with Crippen LogP contribution in [0.1, 0.15) is 25.0 Å². The van der Waals surface area contributed by atoms with Gasteiger partial charge in [-0.25, -0.2) is 14.8 Å². The molecule has 15 heteroatoms. The van der Waals surface area contributed by atoms with Crippen molar-refractivity contribution in [3.8, 4) is 11.5 Å². The van der Waals surface area contributed by atoms with Gasteiger partial charge in [-0.1, -0.05) is 17.7 Å². The standard InChI is InChI=1S/C26H23ClF6N4O4/c1-3-40-17-10-5-14(13-18(17)41-4-2)11-12-37-21-19(22(38)35-23(37)39)24(25(28,29)30,26(31,32)33)36-20(34-21)15-6-8-16(27)9-7-15/h5-10,13,19H,3-4,11-12H2,1-2H3,(H,35,38,39). The average molecular weight is 605 g/mol. The number of hydrogen-bond donors (Lipinski definition) is 1. The first-order chi connectivity index (χ1) is 19.2. The number of aliphatic imine (C=N–C) groups is 2. The van der Waals surface area contributed by atoms with Gasteiger partial charge in [0.05, 0.1) is 13.2 Å². The molecule has 2 heterocycles. The Hall–Kier alpha value is -3.81. The average Bonchev–Trinajstić information content (AvgIpc) is 2.88. The Bertz CT molecular complexity index is 1380. The predicted octanol–water partition coefficient (Wildman–Crippen LogP) is 5.57. The molecule has 4 rings (SSSR count). The van der Waals surface area contributed by atoms with E-state index >= 15 is 0 Å². The Morgan fingerprint density at radius 3 is 2.15 bits per heavy atom. The maximum absolute atomic E-state index is 14.5. The van der Waals surface area contributed by atoms with Crippen LogP contribution in [0, 0.1) is 5.92 Å². The van der Waals surface area contributed by atoms with E-state index in [1.54, 1.807) is 37.4 Å². The van der Waals surface area contributed by atoms with Gasteiger partial charge in [0.15, 0.2) is 17.3 Å². The normalized spacial score (nSPS) is 18.8. The number of carbonyl (C=O) groups is 2. The van der Waals surface area contributed by atoms with Gasteiger partial charge in [-0.05, 0) is 62.2 Å². The fourth-order valence-corrected chi connectivity index (χ4v) is 4.67. The number of halogens is 7. The summed E-state index contributed by atoms with van der Waals surface area (Å²) in [5.74, 6) is -6.03. The molecule has 1 fully saturated rings. The Balaban J connectivity index is 1.81. The van der Waals surface area contributed by atoms with Crippen LogP contribution in [0.3, 0.4) is 0 Å². The van der Waals surface area contributed by atoms with Crippen molar-refractivity contribution in [3.63, 3.8) is 0 Å². The second kappa shape index (κ2) is 11.2. The van der Waals surface area contributed by atoms with Crippen molar-refractivity contribution < 1.29 is 45.4 Å². The summed E-state index contributed by atoms with van der Waals surface area (Å²) in [4.78, 5) is 33.1. The van der Waals surface area contributed by atoms with Crippen molar-refractivity contribution in [1.29, 1.82) is 0 Å². The zero-order valence-corrected chi connectivity index (χ0v) is 22.3. The van der Waals surface area contributed by atoms with E-state index in [1.165, 1.54) is 12.1 Å². The number of rotatable bonds is 8. The van der Waals surface area contributed by atoms with Crippen LogP contribution < -0.4 is 14.8 Å². The van der Waals surface area contributed by atoms with Crippen LogP contribution in [-0.2, 0) is 11.2 Å². The largest absolute Gasteiger partial charge is 0.490 e. The SMILES string of the molecule is CCOc1ccc(CCN2C(=O)NC(=O)C3C2=NC(c2ccc(Cl)cc2)=NC3(C(F)(F)F)C(F)(F)F)cc1OCC. The van der Waals surface area contributed by atoms with Gasteiger partial charge in [-0.3, -0.25) is 15.0 Å². The molecule has 0 spiro atoms. The first-order valence-corrected chi connectivity index (χ1v) is 12.7. The minimum atomic E-state index is -6.10.